The summed E-state index contributed by atoms with van der Waals surface area (Å²) in [5.41, 5.74) is 1.39. The normalized spacial score (nSPS) is 27.1. The van der Waals surface area contributed by atoms with E-state index in [1.165, 1.54) is 50.6 Å². The second-order valence-corrected chi connectivity index (χ2v) is 7.05. The topological polar surface area (TPSA) is 12.5 Å². The van der Waals surface area contributed by atoms with E-state index >= 15 is 0 Å². The fourth-order valence-corrected chi connectivity index (χ4v) is 4.56. The van der Waals surface area contributed by atoms with Crippen LogP contribution in [0, 0.1) is 5.92 Å². The fraction of sp³-hybridized carbons (Fsp3) is 0.647. The molecule has 3 rings (SSSR count). The number of fused-ring (bicyclic) bond motifs is 1. The summed E-state index contributed by atoms with van der Waals surface area (Å²) in [6.45, 7) is 2.36. The number of halogens is 1. The molecule has 2 aliphatic rings. The molecule has 2 fully saturated rings. The van der Waals surface area contributed by atoms with Gasteiger partial charge in [-0.15, -0.1) is 0 Å². The molecule has 2 nitrogen and oxygen atoms in total. The first-order valence-electron chi connectivity index (χ1n) is 7.84. The molecule has 20 heavy (non-hydrogen) atoms. The van der Waals surface area contributed by atoms with Crippen molar-refractivity contribution < 1.29 is 4.74 Å². The first-order chi connectivity index (χ1) is 9.78. The summed E-state index contributed by atoms with van der Waals surface area (Å²) in [5, 5.41) is 0. The van der Waals surface area contributed by atoms with Gasteiger partial charge in [-0.1, -0.05) is 18.9 Å². The molecule has 0 bridgehead atoms. The highest BCUT2D eigenvalue weighted by Crippen LogP contribution is 2.36. The number of likely N-dealkylation sites (tertiary alicyclic amines) is 1. The molecule has 1 saturated carbocycles. The van der Waals surface area contributed by atoms with Crippen LogP contribution in [-0.2, 0) is 6.54 Å². The van der Waals surface area contributed by atoms with Gasteiger partial charge in [-0.05, 0) is 71.8 Å². The van der Waals surface area contributed by atoms with Crippen LogP contribution in [-0.4, -0.2) is 24.6 Å². The molecule has 1 saturated heterocycles. The van der Waals surface area contributed by atoms with Crippen molar-refractivity contribution in [2.24, 2.45) is 5.92 Å². The number of ether oxygens (including phenoxy) is 1. The summed E-state index contributed by atoms with van der Waals surface area (Å²) < 4.78 is 6.38. The highest BCUT2D eigenvalue weighted by molar-refractivity contribution is 9.10. The second-order valence-electron chi connectivity index (χ2n) is 6.19. The van der Waals surface area contributed by atoms with Gasteiger partial charge < -0.3 is 4.74 Å². The molecule has 0 N–H and O–H groups in total. The van der Waals surface area contributed by atoms with Gasteiger partial charge in [0.2, 0.25) is 0 Å². The van der Waals surface area contributed by atoms with Crippen molar-refractivity contribution in [2.45, 2.75) is 51.1 Å². The Kier molecular flexibility index (Phi) is 4.67. The van der Waals surface area contributed by atoms with E-state index < -0.39 is 0 Å². The van der Waals surface area contributed by atoms with E-state index in [0.717, 1.165) is 28.7 Å². The quantitative estimate of drug-likeness (QED) is 0.798. The highest BCUT2D eigenvalue weighted by atomic mass is 79.9. The monoisotopic (exact) mass is 337 g/mol. The second kappa shape index (κ2) is 6.48. The molecule has 1 aromatic carbocycles. The highest BCUT2D eigenvalue weighted by Gasteiger charge is 2.32. The van der Waals surface area contributed by atoms with E-state index in [1.54, 1.807) is 7.11 Å². The van der Waals surface area contributed by atoms with Gasteiger partial charge in [-0.25, -0.2) is 0 Å². The van der Waals surface area contributed by atoms with Crippen molar-refractivity contribution in [3.8, 4) is 5.75 Å². The minimum atomic E-state index is 0.832. The Morgan fingerprint density at radius 3 is 2.80 bits per heavy atom. The smallest absolute Gasteiger partial charge is 0.133 e. The Balaban J connectivity index is 1.71. The van der Waals surface area contributed by atoms with Crippen LogP contribution in [0.25, 0.3) is 0 Å². The molecule has 1 aliphatic carbocycles. The third-order valence-electron chi connectivity index (χ3n) is 4.96. The Labute approximate surface area is 130 Å². The molecular weight excluding hydrogens is 314 g/mol. The Morgan fingerprint density at radius 1 is 1.20 bits per heavy atom. The zero-order valence-electron chi connectivity index (χ0n) is 12.3. The lowest BCUT2D eigenvalue weighted by Gasteiger charge is -2.44. The SMILES string of the molecule is COc1ccc(CN2CCCC3CCCCC32)cc1Br. The van der Waals surface area contributed by atoms with E-state index in [1.807, 2.05) is 0 Å². The van der Waals surface area contributed by atoms with Gasteiger partial charge in [0.05, 0.1) is 11.6 Å². The molecule has 0 radical (unpaired) electrons. The van der Waals surface area contributed by atoms with Crippen LogP contribution in [0.15, 0.2) is 22.7 Å². The largest absolute Gasteiger partial charge is 0.496 e. The molecule has 0 aromatic heterocycles. The summed E-state index contributed by atoms with van der Waals surface area (Å²) in [6.07, 6.45) is 8.55. The van der Waals surface area contributed by atoms with Crippen LogP contribution in [0.4, 0.5) is 0 Å². The van der Waals surface area contributed by atoms with Crippen LogP contribution in [0.5, 0.6) is 5.75 Å². The third-order valence-corrected chi connectivity index (χ3v) is 5.58. The maximum atomic E-state index is 5.32. The Hall–Kier alpha value is -0.540. The van der Waals surface area contributed by atoms with Crippen molar-refractivity contribution in [1.82, 2.24) is 4.90 Å². The zero-order chi connectivity index (χ0) is 13.9. The van der Waals surface area contributed by atoms with Crippen molar-refractivity contribution in [1.29, 1.82) is 0 Å². The molecular formula is C17H24BrNO. The predicted octanol–water partition coefficient (Wildman–Crippen LogP) is 4.61. The Bertz CT molecular complexity index is 460. The summed E-state index contributed by atoms with van der Waals surface area (Å²) in [6, 6.07) is 7.32. The fourth-order valence-electron chi connectivity index (χ4n) is 3.97. The van der Waals surface area contributed by atoms with Gasteiger partial charge in [0.1, 0.15) is 5.75 Å². The maximum Gasteiger partial charge on any atom is 0.133 e. The van der Waals surface area contributed by atoms with Crippen molar-refractivity contribution in [2.75, 3.05) is 13.7 Å². The number of nitrogens with zero attached hydrogens (tertiary/aromatic N) is 1. The average molecular weight is 338 g/mol. The van der Waals surface area contributed by atoms with E-state index in [9.17, 15) is 0 Å². The predicted molar refractivity (Wildman–Crippen MR) is 86.1 cm³/mol. The number of methoxy groups -OCH3 is 1. The van der Waals surface area contributed by atoms with E-state index in [-0.39, 0.29) is 0 Å². The lowest BCUT2D eigenvalue weighted by Crippen LogP contribution is -2.46. The Morgan fingerprint density at radius 2 is 2.00 bits per heavy atom. The van der Waals surface area contributed by atoms with Crippen molar-refractivity contribution in [3.63, 3.8) is 0 Å². The molecule has 2 unspecified atom stereocenters. The number of benzene rings is 1. The van der Waals surface area contributed by atoms with Crippen molar-refractivity contribution >= 4 is 15.9 Å². The summed E-state index contributed by atoms with van der Waals surface area (Å²) in [5.74, 6) is 1.88. The van der Waals surface area contributed by atoms with Crippen LogP contribution in [0.3, 0.4) is 0 Å². The number of hydrogen-bond donors (Lipinski definition) is 0. The van der Waals surface area contributed by atoms with Crippen LogP contribution < -0.4 is 4.74 Å². The minimum absolute atomic E-state index is 0.832. The molecule has 1 heterocycles. The average Bonchev–Trinajstić information content (AvgIpc) is 2.48. The zero-order valence-corrected chi connectivity index (χ0v) is 13.9. The van der Waals surface area contributed by atoms with Crippen LogP contribution >= 0.6 is 15.9 Å². The number of rotatable bonds is 3. The molecule has 1 aromatic rings. The standard InChI is InChI=1S/C17H24BrNO/c1-20-17-9-8-13(11-15(17)18)12-19-10-4-6-14-5-2-3-7-16(14)19/h8-9,11,14,16H,2-7,10,12H2,1H3. The van der Waals surface area contributed by atoms with E-state index in [2.05, 4.69) is 39.0 Å². The lowest BCUT2D eigenvalue weighted by atomic mass is 9.78. The summed E-state index contributed by atoms with van der Waals surface area (Å²) in [7, 11) is 1.72. The molecule has 3 heteroatoms. The summed E-state index contributed by atoms with van der Waals surface area (Å²) >= 11 is 3.60. The molecule has 110 valence electrons. The van der Waals surface area contributed by atoms with Gasteiger partial charge in [0.15, 0.2) is 0 Å². The van der Waals surface area contributed by atoms with Gasteiger partial charge in [0, 0.05) is 12.6 Å². The first-order valence-corrected chi connectivity index (χ1v) is 8.63. The van der Waals surface area contributed by atoms with Gasteiger partial charge >= 0.3 is 0 Å². The van der Waals surface area contributed by atoms with Crippen LogP contribution in [0.1, 0.15) is 44.1 Å². The third kappa shape index (κ3) is 3.04. The van der Waals surface area contributed by atoms with Gasteiger partial charge in [-0.2, -0.15) is 0 Å². The van der Waals surface area contributed by atoms with Gasteiger partial charge in [0.25, 0.3) is 0 Å². The lowest BCUT2D eigenvalue weighted by molar-refractivity contribution is 0.0547. The molecule has 2 atom stereocenters. The number of hydrogen-bond acceptors (Lipinski definition) is 2. The van der Waals surface area contributed by atoms with Crippen molar-refractivity contribution in [3.05, 3.63) is 28.2 Å². The van der Waals surface area contributed by atoms with Gasteiger partial charge in [-0.3, -0.25) is 4.90 Å². The molecule has 1 aliphatic heterocycles. The minimum Gasteiger partial charge on any atom is -0.496 e. The molecule has 0 spiro atoms. The maximum absolute atomic E-state index is 5.32. The number of piperidine rings is 1. The summed E-state index contributed by atoms with van der Waals surface area (Å²) in [4.78, 5) is 2.72. The van der Waals surface area contributed by atoms with E-state index in [4.69, 9.17) is 4.74 Å². The van der Waals surface area contributed by atoms with Crippen LogP contribution in [0.2, 0.25) is 0 Å². The first kappa shape index (κ1) is 14.4. The molecule has 0 amide bonds. The van der Waals surface area contributed by atoms with E-state index in [0.29, 0.717) is 0 Å².